The Balaban J connectivity index is 0.000000263. The normalized spacial score (nSPS) is 17.6. The third-order valence-electron chi connectivity index (χ3n) is 7.13. The summed E-state index contributed by atoms with van der Waals surface area (Å²) in [6.07, 6.45) is 13.2. The molecule has 0 radical (unpaired) electrons. The topological polar surface area (TPSA) is 99.5 Å². The molecule has 210 valence electrons. The van der Waals surface area contributed by atoms with E-state index in [4.69, 9.17) is 21.1 Å². The van der Waals surface area contributed by atoms with Gasteiger partial charge in [-0.15, -0.1) is 7.92 Å². The van der Waals surface area contributed by atoms with Crippen LogP contribution in [0.15, 0.2) is 30.3 Å². The number of amides is 1. The SMILES string of the molecule is CCCCP(CCCC)CCCC.O=C1N(CO)c2cccc(Cl)c2C1(CO)c1cc2c(cc1O)OCO2. The highest BCUT2D eigenvalue weighted by Crippen LogP contribution is 2.53. The predicted molar refractivity (Wildman–Crippen MR) is 154 cm³/mol. The van der Waals surface area contributed by atoms with Crippen LogP contribution < -0.4 is 14.4 Å². The van der Waals surface area contributed by atoms with Gasteiger partial charge < -0.3 is 24.8 Å². The number of aliphatic hydroxyl groups is 2. The number of halogens is 1. The molecule has 0 bridgehead atoms. The van der Waals surface area contributed by atoms with Crippen LogP contribution in [0.4, 0.5) is 5.69 Å². The molecule has 2 aliphatic rings. The number of fused-ring (bicyclic) bond motifs is 2. The molecular formula is C29H41ClNO6P. The molecule has 0 saturated heterocycles. The fourth-order valence-corrected chi connectivity index (χ4v) is 8.27. The molecule has 4 rings (SSSR count). The van der Waals surface area contributed by atoms with Gasteiger partial charge in [0.15, 0.2) is 11.5 Å². The minimum atomic E-state index is -1.65. The molecule has 2 aromatic rings. The quantitative estimate of drug-likeness (QED) is 0.264. The van der Waals surface area contributed by atoms with Gasteiger partial charge in [-0.05, 0) is 55.9 Å². The van der Waals surface area contributed by atoms with Crippen LogP contribution in [0.3, 0.4) is 0 Å². The number of anilines is 1. The average molecular weight is 566 g/mol. The number of unbranched alkanes of at least 4 members (excludes halogenated alkanes) is 3. The van der Waals surface area contributed by atoms with Gasteiger partial charge in [-0.25, -0.2) is 0 Å². The van der Waals surface area contributed by atoms with Crippen molar-refractivity contribution in [3.63, 3.8) is 0 Å². The van der Waals surface area contributed by atoms with E-state index in [1.165, 1.54) is 50.7 Å². The van der Waals surface area contributed by atoms with Crippen LogP contribution in [0, 0.1) is 0 Å². The van der Waals surface area contributed by atoms with Crippen molar-refractivity contribution in [2.75, 3.05) is 43.5 Å². The Morgan fingerprint density at radius 3 is 2.08 bits per heavy atom. The molecule has 7 nitrogen and oxygen atoms in total. The van der Waals surface area contributed by atoms with Gasteiger partial charge in [-0.3, -0.25) is 9.69 Å². The summed E-state index contributed by atoms with van der Waals surface area (Å²) in [6.45, 7) is 5.71. The lowest BCUT2D eigenvalue weighted by molar-refractivity contribution is -0.123. The minimum Gasteiger partial charge on any atom is -0.507 e. The summed E-state index contributed by atoms with van der Waals surface area (Å²) in [6, 6.07) is 7.64. The smallest absolute Gasteiger partial charge is 0.246 e. The van der Waals surface area contributed by atoms with Gasteiger partial charge in [0.2, 0.25) is 12.7 Å². The Morgan fingerprint density at radius 1 is 0.974 bits per heavy atom. The van der Waals surface area contributed by atoms with Gasteiger partial charge >= 0.3 is 0 Å². The molecule has 2 heterocycles. The highest BCUT2D eigenvalue weighted by Gasteiger charge is 2.54. The van der Waals surface area contributed by atoms with Gasteiger partial charge in [-0.2, -0.15) is 0 Å². The number of hydrogen-bond donors (Lipinski definition) is 3. The zero-order valence-electron chi connectivity index (χ0n) is 22.7. The third-order valence-corrected chi connectivity index (χ3v) is 10.3. The summed E-state index contributed by atoms with van der Waals surface area (Å²) in [5, 5.41) is 30.6. The summed E-state index contributed by atoms with van der Waals surface area (Å²) < 4.78 is 10.5. The van der Waals surface area contributed by atoms with E-state index < -0.39 is 24.7 Å². The Morgan fingerprint density at radius 2 is 1.55 bits per heavy atom. The molecule has 0 fully saturated rings. The van der Waals surface area contributed by atoms with Crippen LogP contribution in [0.5, 0.6) is 17.2 Å². The third kappa shape index (κ3) is 6.22. The van der Waals surface area contributed by atoms with E-state index in [0.29, 0.717) is 30.7 Å². The van der Waals surface area contributed by atoms with Crippen LogP contribution in [0.2, 0.25) is 5.02 Å². The fraction of sp³-hybridized carbons (Fsp3) is 0.552. The molecule has 0 saturated carbocycles. The van der Waals surface area contributed by atoms with E-state index in [2.05, 4.69) is 20.8 Å². The summed E-state index contributed by atoms with van der Waals surface area (Å²) in [5.74, 6) is -0.130. The first-order chi connectivity index (χ1) is 18.4. The van der Waals surface area contributed by atoms with Crippen LogP contribution in [-0.2, 0) is 10.2 Å². The maximum absolute atomic E-state index is 13.1. The van der Waals surface area contributed by atoms with Crippen molar-refractivity contribution in [2.45, 2.75) is 64.7 Å². The Hall–Kier alpha value is -2.05. The predicted octanol–water partition coefficient (Wildman–Crippen LogP) is 6.22. The number of phenolic OH excluding ortho intramolecular Hbond substituents is 1. The van der Waals surface area contributed by atoms with Gasteiger partial charge in [0.05, 0.1) is 12.3 Å². The minimum absolute atomic E-state index is 0.00158. The highest BCUT2D eigenvalue weighted by atomic mass is 35.5. The lowest BCUT2D eigenvalue weighted by Crippen LogP contribution is -2.44. The number of carbonyl (C=O) groups excluding carboxylic acids is 1. The Labute approximate surface area is 232 Å². The molecule has 0 aromatic heterocycles. The number of rotatable bonds is 12. The lowest BCUT2D eigenvalue weighted by Gasteiger charge is -2.28. The summed E-state index contributed by atoms with van der Waals surface area (Å²) in [5.41, 5.74) is -0.811. The molecule has 2 aromatic carbocycles. The molecule has 1 atom stereocenters. The maximum Gasteiger partial charge on any atom is 0.246 e. The Bertz CT molecular complexity index is 1060. The molecule has 9 heteroatoms. The second-order valence-electron chi connectivity index (χ2n) is 9.70. The fourth-order valence-electron chi connectivity index (χ4n) is 4.98. The van der Waals surface area contributed by atoms with E-state index in [9.17, 15) is 20.1 Å². The van der Waals surface area contributed by atoms with Crippen molar-refractivity contribution >= 4 is 31.1 Å². The van der Waals surface area contributed by atoms with Crippen LogP contribution in [-0.4, -0.2) is 59.8 Å². The summed E-state index contributed by atoms with van der Waals surface area (Å²) in [4.78, 5) is 14.2. The number of benzene rings is 2. The summed E-state index contributed by atoms with van der Waals surface area (Å²) in [7, 11) is 0.422. The highest BCUT2D eigenvalue weighted by molar-refractivity contribution is 7.57. The first kappa shape index (κ1) is 30.5. The van der Waals surface area contributed by atoms with Gasteiger partial charge in [-0.1, -0.05) is 57.7 Å². The molecule has 0 aliphatic carbocycles. The number of aromatic hydroxyl groups is 1. The van der Waals surface area contributed by atoms with E-state index in [0.717, 1.165) is 4.90 Å². The molecule has 1 unspecified atom stereocenters. The van der Waals surface area contributed by atoms with Crippen LogP contribution in [0.25, 0.3) is 0 Å². The first-order valence-corrected chi connectivity index (χ1v) is 15.8. The molecule has 2 aliphatic heterocycles. The van der Waals surface area contributed by atoms with Gasteiger partial charge in [0, 0.05) is 22.2 Å². The standard InChI is InChI=1S/C17H14ClNO6.C12H27P/c18-10-2-1-3-11-15(10)17(6-20,16(23)19(11)7-21)9-4-13-14(5-12(9)22)25-8-24-13;1-4-7-10-13(11-8-5-2)12-9-6-3/h1-5,20-22H,6-8H2;4-12H2,1-3H3. The molecular weight excluding hydrogens is 525 g/mol. The van der Waals surface area contributed by atoms with Gasteiger partial charge in [0.25, 0.3) is 0 Å². The van der Waals surface area contributed by atoms with Gasteiger partial charge in [0.1, 0.15) is 17.9 Å². The molecule has 1 amide bonds. The Kier molecular flexibility index (Phi) is 11.5. The largest absolute Gasteiger partial charge is 0.507 e. The maximum atomic E-state index is 13.1. The number of nitrogens with zero attached hydrogens (tertiary/aromatic N) is 1. The number of ether oxygens (including phenoxy) is 2. The monoisotopic (exact) mass is 565 g/mol. The molecule has 38 heavy (non-hydrogen) atoms. The van der Waals surface area contributed by atoms with Crippen molar-refractivity contribution in [1.82, 2.24) is 0 Å². The van der Waals surface area contributed by atoms with E-state index in [1.54, 1.807) is 36.7 Å². The van der Waals surface area contributed by atoms with Crippen molar-refractivity contribution in [3.05, 3.63) is 46.5 Å². The molecule has 3 N–H and O–H groups in total. The lowest BCUT2D eigenvalue weighted by atomic mass is 9.75. The number of hydrogen-bond acceptors (Lipinski definition) is 6. The van der Waals surface area contributed by atoms with E-state index in [1.807, 2.05) is 0 Å². The number of phenols is 1. The second kappa shape index (κ2) is 14.4. The zero-order chi connectivity index (χ0) is 27.7. The molecule has 0 spiro atoms. The van der Waals surface area contributed by atoms with Crippen molar-refractivity contribution in [1.29, 1.82) is 0 Å². The van der Waals surface area contributed by atoms with Crippen molar-refractivity contribution in [2.24, 2.45) is 0 Å². The average Bonchev–Trinajstić information content (AvgIpc) is 3.47. The van der Waals surface area contributed by atoms with Crippen LogP contribution in [0.1, 0.15) is 70.4 Å². The van der Waals surface area contributed by atoms with E-state index >= 15 is 0 Å². The second-order valence-corrected chi connectivity index (χ2v) is 12.8. The van der Waals surface area contributed by atoms with Crippen molar-refractivity contribution in [3.8, 4) is 17.2 Å². The summed E-state index contributed by atoms with van der Waals surface area (Å²) >= 11 is 6.33. The zero-order valence-corrected chi connectivity index (χ0v) is 24.4. The number of carbonyl (C=O) groups is 1. The van der Waals surface area contributed by atoms with Crippen molar-refractivity contribution < 1.29 is 29.6 Å². The number of aliphatic hydroxyl groups excluding tert-OH is 2. The van der Waals surface area contributed by atoms with Crippen LogP contribution >= 0.6 is 19.5 Å². The first-order valence-electron chi connectivity index (χ1n) is 13.6. The van der Waals surface area contributed by atoms with E-state index in [-0.39, 0.29) is 23.1 Å².